The third kappa shape index (κ3) is 1.99. The molecule has 0 atom stereocenters. The summed E-state index contributed by atoms with van der Waals surface area (Å²) < 4.78 is 5.44. The molecular weight excluding hydrogens is 214 g/mol. The molecule has 4 heteroatoms. The van der Waals surface area contributed by atoms with Gasteiger partial charge in [0.05, 0.1) is 5.54 Å². The van der Waals surface area contributed by atoms with Gasteiger partial charge in [-0.05, 0) is 25.7 Å². The maximum absolute atomic E-state index is 6.46. The Morgan fingerprint density at radius 2 is 1.71 bits per heavy atom. The Labute approximate surface area is 102 Å². The maximum atomic E-state index is 6.46. The van der Waals surface area contributed by atoms with E-state index >= 15 is 0 Å². The van der Waals surface area contributed by atoms with E-state index in [0.717, 1.165) is 18.7 Å². The Balaban J connectivity index is 1.84. The van der Waals surface area contributed by atoms with Crippen LogP contribution < -0.4 is 5.73 Å². The Morgan fingerprint density at radius 1 is 1.06 bits per heavy atom. The molecule has 2 aliphatic rings. The van der Waals surface area contributed by atoms with Crippen molar-refractivity contribution in [2.24, 2.45) is 5.73 Å². The van der Waals surface area contributed by atoms with Gasteiger partial charge in [-0.25, -0.2) is 0 Å². The number of hydrogen-bond donors (Lipinski definition) is 1. The van der Waals surface area contributed by atoms with Crippen molar-refractivity contribution in [2.75, 3.05) is 0 Å². The number of rotatable bonds is 2. The first-order valence-electron chi connectivity index (χ1n) is 6.76. The predicted molar refractivity (Wildman–Crippen MR) is 64.5 cm³/mol. The summed E-state index contributed by atoms with van der Waals surface area (Å²) in [4.78, 5) is 4.58. The minimum atomic E-state index is -0.368. The highest BCUT2D eigenvalue weighted by Gasteiger charge is 2.45. The molecule has 2 N–H and O–H groups in total. The average molecular weight is 235 g/mol. The first-order valence-corrected chi connectivity index (χ1v) is 6.76. The molecule has 2 aliphatic carbocycles. The molecule has 0 bridgehead atoms. The van der Waals surface area contributed by atoms with Crippen molar-refractivity contribution < 1.29 is 4.52 Å². The van der Waals surface area contributed by atoms with Crippen LogP contribution in [0.15, 0.2) is 4.52 Å². The summed E-state index contributed by atoms with van der Waals surface area (Å²) in [6, 6.07) is 0. The number of hydrogen-bond acceptors (Lipinski definition) is 4. The lowest BCUT2D eigenvalue weighted by molar-refractivity contribution is 0.256. The molecule has 1 aromatic rings. The van der Waals surface area contributed by atoms with Crippen molar-refractivity contribution in [3.8, 4) is 0 Å². The molecule has 0 unspecified atom stereocenters. The van der Waals surface area contributed by atoms with Crippen LogP contribution in [-0.4, -0.2) is 10.1 Å². The summed E-state index contributed by atoms with van der Waals surface area (Å²) in [5, 5.41) is 4.13. The van der Waals surface area contributed by atoms with Gasteiger partial charge in [0.2, 0.25) is 5.89 Å². The van der Waals surface area contributed by atoms with Crippen LogP contribution in [0.2, 0.25) is 0 Å². The number of nitrogens with two attached hydrogens (primary N) is 1. The van der Waals surface area contributed by atoms with Crippen LogP contribution in [0.25, 0.3) is 0 Å². The molecular formula is C13H21N3O. The fraction of sp³-hybridized carbons (Fsp3) is 0.846. The molecule has 0 aromatic carbocycles. The second kappa shape index (κ2) is 3.80. The normalized spacial score (nSPS) is 26.5. The predicted octanol–water partition coefficient (Wildman–Crippen LogP) is 2.63. The van der Waals surface area contributed by atoms with E-state index in [4.69, 9.17) is 10.3 Å². The molecule has 0 radical (unpaired) electrons. The van der Waals surface area contributed by atoms with Crippen LogP contribution in [0, 0.1) is 0 Å². The van der Waals surface area contributed by atoms with Crippen LogP contribution in [0.5, 0.6) is 0 Å². The van der Waals surface area contributed by atoms with Crippen LogP contribution in [0.3, 0.4) is 0 Å². The zero-order valence-electron chi connectivity index (χ0n) is 10.5. The van der Waals surface area contributed by atoms with Crippen LogP contribution in [0.1, 0.15) is 70.0 Å². The molecule has 0 aliphatic heterocycles. The third-order valence-electron chi connectivity index (χ3n) is 4.39. The Hall–Kier alpha value is -0.900. The SMILES string of the molecule is CC1(c2noc(C3(N)CCCCCC3)n2)CC1. The summed E-state index contributed by atoms with van der Waals surface area (Å²) in [5.41, 5.74) is 6.26. The monoisotopic (exact) mass is 235 g/mol. The largest absolute Gasteiger partial charge is 0.337 e. The highest BCUT2D eigenvalue weighted by molar-refractivity contribution is 5.16. The van der Waals surface area contributed by atoms with Gasteiger partial charge in [-0.15, -0.1) is 0 Å². The van der Waals surface area contributed by atoms with Crippen molar-refractivity contribution in [1.82, 2.24) is 10.1 Å². The molecule has 3 rings (SSSR count). The smallest absolute Gasteiger partial charge is 0.246 e. The van der Waals surface area contributed by atoms with Crippen molar-refractivity contribution in [1.29, 1.82) is 0 Å². The van der Waals surface area contributed by atoms with Crippen LogP contribution in [-0.2, 0) is 11.0 Å². The summed E-state index contributed by atoms with van der Waals surface area (Å²) in [6.07, 6.45) is 9.19. The molecule has 0 spiro atoms. The molecule has 94 valence electrons. The van der Waals surface area contributed by atoms with Crippen molar-refractivity contribution >= 4 is 0 Å². The molecule has 4 nitrogen and oxygen atoms in total. The van der Waals surface area contributed by atoms with Gasteiger partial charge in [-0.3, -0.25) is 0 Å². The molecule has 1 heterocycles. The van der Waals surface area contributed by atoms with E-state index in [1.165, 1.54) is 38.5 Å². The van der Waals surface area contributed by atoms with E-state index in [2.05, 4.69) is 17.1 Å². The molecule has 2 saturated carbocycles. The second-order valence-corrected chi connectivity index (χ2v) is 6.05. The fourth-order valence-corrected chi connectivity index (χ4v) is 2.66. The third-order valence-corrected chi connectivity index (χ3v) is 4.39. The van der Waals surface area contributed by atoms with Crippen molar-refractivity contribution in [3.63, 3.8) is 0 Å². The lowest BCUT2D eigenvalue weighted by Gasteiger charge is -2.22. The number of aromatic nitrogens is 2. The van der Waals surface area contributed by atoms with Gasteiger partial charge in [-0.1, -0.05) is 37.8 Å². The second-order valence-electron chi connectivity index (χ2n) is 6.05. The summed E-state index contributed by atoms with van der Waals surface area (Å²) in [5.74, 6) is 1.53. The minimum absolute atomic E-state index is 0.169. The van der Waals surface area contributed by atoms with E-state index in [1.807, 2.05) is 0 Å². The molecule has 0 amide bonds. The van der Waals surface area contributed by atoms with E-state index in [9.17, 15) is 0 Å². The zero-order valence-corrected chi connectivity index (χ0v) is 10.5. The van der Waals surface area contributed by atoms with Crippen molar-refractivity contribution in [2.45, 2.75) is 69.2 Å². The summed E-state index contributed by atoms with van der Waals surface area (Å²) in [7, 11) is 0. The highest BCUT2D eigenvalue weighted by Crippen LogP contribution is 2.46. The maximum Gasteiger partial charge on any atom is 0.246 e. The topological polar surface area (TPSA) is 64.9 Å². The fourth-order valence-electron chi connectivity index (χ4n) is 2.66. The molecule has 1 aromatic heterocycles. The van der Waals surface area contributed by atoms with Gasteiger partial charge in [0.25, 0.3) is 0 Å². The Kier molecular flexibility index (Phi) is 2.51. The molecule has 0 saturated heterocycles. The van der Waals surface area contributed by atoms with Crippen LogP contribution >= 0.6 is 0 Å². The summed E-state index contributed by atoms with van der Waals surface area (Å²) >= 11 is 0. The van der Waals surface area contributed by atoms with Crippen molar-refractivity contribution in [3.05, 3.63) is 11.7 Å². The quantitative estimate of drug-likeness (QED) is 0.800. The van der Waals surface area contributed by atoms with E-state index in [-0.39, 0.29) is 11.0 Å². The van der Waals surface area contributed by atoms with Gasteiger partial charge < -0.3 is 10.3 Å². The molecule has 17 heavy (non-hydrogen) atoms. The standard InChI is InChI=1S/C13H21N3O/c1-12(8-9-12)10-15-11(17-16-10)13(14)6-4-2-3-5-7-13/h2-9,14H2,1H3. The molecule has 2 fully saturated rings. The van der Waals surface area contributed by atoms with Gasteiger partial charge >= 0.3 is 0 Å². The highest BCUT2D eigenvalue weighted by atomic mass is 16.5. The average Bonchev–Trinajstić information content (AvgIpc) is 2.92. The Morgan fingerprint density at radius 3 is 2.29 bits per heavy atom. The number of nitrogens with zero attached hydrogens (tertiary/aromatic N) is 2. The summed E-state index contributed by atoms with van der Waals surface area (Å²) in [6.45, 7) is 2.19. The van der Waals surface area contributed by atoms with Gasteiger partial charge in [-0.2, -0.15) is 4.98 Å². The van der Waals surface area contributed by atoms with Crippen LogP contribution in [0.4, 0.5) is 0 Å². The lowest BCUT2D eigenvalue weighted by Crippen LogP contribution is -2.36. The lowest BCUT2D eigenvalue weighted by atomic mass is 9.91. The van der Waals surface area contributed by atoms with Gasteiger partial charge in [0.1, 0.15) is 0 Å². The van der Waals surface area contributed by atoms with E-state index in [1.54, 1.807) is 0 Å². The van der Waals surface area contributed by atoms with E-state index in [0.29, 0.717) is 5.89 Å². The van der Waals surface area contributed by atoms with E-state index < -0.39 is 0 Å². The van der Waals surface area contributed by atoms with Gasteiger partial charge in [0.15, 0.2) is 5.82 Å². The zero-order chi connectivity index (χ0) is 11.9. The van der Waals surface area contributed by atoms with Gasteiger partial charge in [0, 0.05) is 5.41 Å². The Bertz CT molecular complexity index is 401. The minimum Gasteiger partial charge on any atom is -0.337 e. The first kappa shape index (κ1) is 11.2. The first-order chi connectivity index (χ1) is 8.12.